The lowest BCUT2D eigenvalue weighted by atomic mass is 10.1. The first-order valence-corrected chi connectivity index (χ1v) is 8.45. The van der Waals surface area contributed by atoms with E-state index < -0.39 is 10.0 Å². The first-order chi connectivity index (χ1) is 7.69. The molecule has 2 heterocycles. The van der Waals surface area contributed by atoms with Crippen LogP contribution < -0.4 is 0 Å². The molecule has 0 radical (unpaired) electrons. The minimum atomic E-state index is -2.99. The molecule has 0 spiro atoms. The lowest BCUT2D eigenvalue weighted by Crippen LogP contribution is -2.54. The minimum absolute atomic E-state index is 0.0703. The Bertz CT molecular complexity index is 364. The standard InChI is InChI=1S/C10H17NO3S2/c12-16(13,8-1-2-8)11-4-6-15-10-7-14-5-3-9(10)11/h8-10H,1-7H2/t9-,10+/m0/s1. The first-order valence-electron chi connectivity index (χ1n) is 5.89. The van der Waals surface area contributed by atoms with Crippen molar-refractivity contribution in [3.05, 3.63) is 0 Å². The van der Waals surface area contributed by atoms with E-state index in [1.807, 2.05) is 11.8 Å². The van der Waals surface area contributed by atoms with Gasteiger partial charge in [0.2, 0.25) is 10.0 Å². The topological polar surface area (TPSA) is 46.6 Å². The molecular formula is C10H17NO3S2. The summed E-state index contributed by atoms with van der Waals surface area (Å²) in [6.45, 7) is 2.12. The number of sulfonamides is 1. The van der Waals surface area contributed by atoms with E-state index in [9.17, 15) is 8.42 Å². The van der Waals surface area contributed by atoms with Crippen molar-refractivity contribution in [1.29, 1.82) is 0 Å². The van der Waals surface area contributed by atoms with Crippen molar-refractivity contribution >= 4 is 21.8 Å². The molecule has 0 bridgehead atoms. The third-order valence-corrected chi connectivity index (χ3v) is 7.27. The molecule has 0 amide bonds. The molecule has 1 saturated carbocycles. The fraction of sp³-hybridized carbons (Fsp3) is 1.00. The molecule has 3 fully saturated rings. The van der Waals surface area contributed by atoms with Gasteiger partial charge in [0.25, 0.3) is 0 Å². The molecule has 3 aliphatic rings. The van der Waals surface area contributed by atoms with Crippen molar-refractivity contribution in [2.75, 3.05) is 25.5 Å². The highest BCUT2D eigenvalue weighted by Crippen LogP contribution is 2.37. The molecule has 0 aromatic carbocycles. The largest absolute Gasteiger partial charge is 0.380 e. The zero-order valence-electron chi connectivity index (χ0n) is 9.17. The van der Waals surface area contributed by atoms with Gasteiger partial charge < -0.3 is 4.74 Å². The molecule has 92 valence electrons. The average Bonchev–Trinajstić information content (AvgIpc) is 3.12. The Morgan fingerprint density at radius 3 is 2.81 bits per heavy atom. The van der Waals surface area contributed by atoms with Gasteiger partial charge >= 0.3 is 0 Å². The number of hydrogen-bond donors (Lipinski definition) is 0. The highest BCUT2D eigenvalue weighted by atomic mass is 32.2. The predicted molar refractivity (Wildman–Crippen MR) is 64.1 cm³/mol. The van der Waals surface area contributed by atoms with Crippen LogP contribution in [0.25, 0.3) is 0 Å². The third-order valence-electron chi connectivity index (χ3n) is 3.56. The smallest absolute Gasteiger partial charge is 0.217 e. The van der Waals surface area contributed by atoms with Crippen LogP contribution in [0.2, 0.25) is 0 Å². The van der Waals surface area contributed by atoms with Gasteiger partial charge in [0.05, 0.1) is 11.9 Å². The Labute approximate surface area is 101 Å². The molecule has 2 saturated heterocycles. The number of ether oxygens (including phenoxy) is 1. The normalized spacial score (nSPS) is 37.0. The SMILES string of the molecule is O=S(=O)(C1CC1)N1CCS[C@@H]2COCC[C@@H]21. The van der Waals surface area contributed by atoms with Crippen LogP contribution >= 0.6 is 11.8 Å². The van der Waals surface area contributed by atoms with E-state index in [1.54, 1.807) is 4.31 Å². The minimum Gasteiger partial charge on any atom is -0.380 e. The van der Waals surface area contributed by atoms with Crippen LogP contribution in [-0.2, 0) is 14.8 Å². The fourth-order valence-corrected chi connectivity index (χ4v) is 6.11. The lowest BCUT2D eigenvalue weighted by molar-refractivity contribution is 0.0625. The maximum absolute atomic E-state index is 12.3. The van der Waals surface area contributed by atoms with Gasteiger partial charge in [-0.2, -0.15) is 16.1 Å². The van der Waals surface area contributed by atoms with Crippen LogP contribution in [0.3, 0.4) is 0 Å². The average molecular weight is 263 g/mol. The Balaban J connectivity index is 1.82. The number of rotatable bonds is 2. The molecule has 1 aliphatic carbocycles. The number of hydrogen-bond acceptors (Lipinski definition) is 4. The monoisotopic (exact) mass is 263 g/mol. The number of thioether (sulfide) groups is 1. The molecule has 0 unspecified atom stereocenters. The summed E-state index contributed by atoms with van der Waals surface area (Å²) in [6, 6.07) is 0.193. The summed E-state index contributed by atoms with van der Waals surface area (Å²) in [5.41, 5.74) is 0. The molecular weight excluding hydrogens is 246 g/mol. The molecule has 4 nitrogen and oxygen atoms in total. The van der Waals surface area contributed by atoms with Gasteiger partial charge in [-0.05, 0) is 19.3 Å². The van der Waals surface area contributed by atoms with Crippen LogP contribution in [0.1, 0.15) is 19.3 Å². The lowest BCUT2D eigenvalue weighted by Gasteiger charge is -2.42. The van der Waals surface area contributed by atoms with E-state index >= 15 is 0 Å². The van der Waals surface area contributed by atoms with Crippen LogP contribution in [0.4, 0.5) is 0 Å². The fourth-order valence-electron chi connectivity index (χ4n) is 2.52. The first kappa shape index (κ1) is 11.3. The van der Waals surface area contributed by atoms with Crippen molar-refractivity contribution in [1.82, 2.24) is 4.31 Å². The van der Waals surface area contributed by atoms with Gasteiger partial charge in [0.1, 0.15) is 0 Å². The van der Waals surface area contributed by atoms with Crippen molar-refractivity contribution in [2.45, 2.75) is 35.8 Å². The summed E-state index contributed by atoms with van der Waals surface area (Å²) in [6.07, 6.45) is 2.59. The molecule has 3 rings (SSSR count). The maximum Gasteiger partial charge on any atom is 0.217 e. The van der Waals surface area contributed by atoms with Crippen LogP contribution in [-0.4, -0.2) is 54.8 Å². The summed E-state index contributed by atoms with van der Waals surface area (Å²) in [7, 11) is -2.99. The summed E-state index contributed by atoms with van der Waals surface area (Å²) in [5, 5.41) is 0.287. The highest BCUT2D eigenvalue weighted by molar-refractivity contribution is 8.00. The van der Waals surface area contributed by atoms with Crippen molar-refractivity contribution in [3.8, 4) is 0 Å². The zero-order valence-corrected chi connectivity index (χ0v) is 10.8. The van der Waals surface area contributed by atoms with Gasteiger partial charge in [-0.3, -0.25) is 0 Å². The van der Waals surface area contributed by atoms with Crippen molar-refractivity contribution in [2.24, 2.45) is 0 Å². The second-order valence-electron chi connectivity index (χ2n) is 4.70. The van der Waals surface area contributed by atoms with E-state index in [4.69, 9.17) is 4.74 Å². The van der Waals surface area contributed by atoms with Gasteiger partial charge in [-0.15, -0.1) is 0 Å². The molecule has 0 N–H and O–H groups in total. The second kappa shape index (κ2) is 4.15. The molecule has 6 heteroatoms. The van der Waals surface area contributed by atoms with Gasteiger partial charge in [-0.1, -0.05) is 0 Å². The van der Waals surface area contributed by atoms with Crippen molar-refractivity contribution in [3.63, 3.8) is 0 Å². The van der Waals surface area contributed by atoms with E-state index in [2.05, 4.69) is 0 Å². The summed E-state index contributed by atoms with van der Waals surface area (Å²) >= 11 is 1.87. The summed E-state index contributed by atoms with van der Waals surface area (Å²) in [4.78, 5) is 0. The molecule has 2 aliphatic heterocycles. The van der Waals surface area contributed by atoms with Crippen LogP contribution in [0.15, 0.2) is 0 Å². The Kier molecular flexibility index (Phi) is 2.94. The Morgan fingerprint density at radius 2 is 2.06 bits per heavy atom. The van der Waals surface area contributed by atoms with E-state index in [-0.39, 0.29) is 11.3 Å². The summed E-state index contributed by atoms with van der Waals surface area (Å²) < 4.78 is 31.8. The van der Waals surface area contributed by atoms with Gasteiger partial charge in [0, 0.05) is 30.2 Å². The zero-order chi connectivity index (χ0) is 11.2. The Hall–Kier alpha value is 0.220. The van der Waals surface area contributed by atoms with E-state index in [0.29, 0.717) is 25.0 Å². The Morgan fingerprint density at radius 1 is 1.25 bits per heavy atom. The van der Waals surface area contributed by atoms with Crippen LogP contribution in [0, 0.1) is 0 Å². The number of nitrogens with zero attached hydrogens (tertiary/aromatic N) is 1. The van der Waals surface area contributed by atoms with Gasteiger partial charge in [0.15, 0.2) is 0 Å². The third kappa shape index (κ3) is 1.89. The molecule has 16 heavy (non-hydrogen) atoms. The van der Waals surface area contributed by atoms with E-state index in [0.717, 1.165) is 25.0 Å². The second-order valence-corrected chi connectivity index (χ2v) is 8.21. The maximum atomic E-state index is 12.3. The van der Waals surface area contributed by atoms with Gasteiger partial charge in [-0.25, -0.2) is 8.42 Å². The van der Waals surface area contributed by atoms with E-state index in [1.165, 1.54) is 0 Å². The molecule has 0 aromatic rings. The summed E-state index contributed by atoms with van der Waals surface area (Å²) in [5.74, 6) is 0.913. The van der Waals surface area contributed by atoms with Crippen LogP contribution in [0.5, 0.6) is 0 Å². The quantitative estimate of drug-likeness (QED) is 0.735. The highest BCUT2D eigenvalue weighted by Gasteiger charge is 2.46. The molecule has 0 aromatic heterocycles. The predicted octanol–water partition coefficient (Wildman–Crippen LogP) is 0.685. The number of fused-ring (bicyclic) bond motifs is 1. The van der Waals surface area contributed by atoms with Crippen molar-refractivity contribution < 1.29 is 13.2 Å². The molecule has 2 atom stereocenters.